The predicted octanol–water partition coefficient (Wildman–Crippen LogP) is 1.83. The summed E-state index contributed by atoms with van der Waals surface area (Å²) in [6.07, 6.45) is 2.49. The average molecular weight is 323 g/mol. The fraction of sp³-hybridized carbons (Fsp3) is 0.667. The molecule has 2 aliphatic heterocycles. The Kier molecular flexibility index (Phi) is 4.08. The molecule has 120 valence electrons. The van der Waals surface area contributed by atoms with Crippen LogP contribution in [0.25, 0.3) is 0 Å². The van der Waals surface area contributed by atoms with Crippen molar-refractivity contribution >= 4 is 23.3 Å². The lowest BCUT2D eigenvalue weighted by Gasteiger charge is -2.37. The fourth-order valence-corrected chi connectivity index (χ4v) is 3.94. The molecule has 1 aromatic rings. The van der Waals surface area contributed by atoms with E-state index < -0.39 is 0 Å². The molecule has 2 amide bonds. The number of aryl methyl sites for hydroxylation is 2. The number of carbonyl (C=O) groups excluding carboxylic acids is 2. The topological polar surface area (TPSA) is 62.7 Å². The van der Waals surface area contributed by atoms with E-state index in [4.69, 9.17) is 4.74 Å². The third kappa shape index (κ3) is 2.95. The maximum atomic E-state index is 12.3. The maximum absolute atomic E-state index is 12.3. The Hall–Kier alpha value is -1.63. The Balaban J connectivity index is 1.50. The van der Waals surface area contributed by atoms with Gasteiger partial charge in [-0.05, 0) is 13.3 Å². The zero-order valence-corrected chi connectivity index (χ0v) is 13.8. The number of carbonyl (C=O) groups is 2. The Bertz CT molecular complexity index is 578. The second-order valence-electron chi connectivity index (χ2n) is 6.15. The number of nitrogens with zero attached hydrogens (tertiary/aromatic N) is 3. The van der Waals surface area contributed by atoms with Gasteiger partial charge in [-0.3, -0.25) is 4.79 Å². The Morgan fingerprint density at radius 1 is 1.45 bits per heavy atom. The van der Waals surface area contributed by atoms with Gasteiger partial charge in [-0.15, -0.1) is 11.3 Å². The van der Waals surface area contributed by atoms with Crippen molar-refractivity contribution in [2.24, 2.45) is 0 Å². The van der Waals surface area contributed by atoms with Crippen LogP contribution in [0.4, 0.5) is 4.79 Å². The highest BCUT2D eigenvalue weighted by Crippen LogP contribution is 2.32. The number of rotatable bonds is 3. The quantitative estimate of drug-likeness (QED) is 0.851. The van der Waals surface area contributed by atoms with E-state index in [1.54, 1.807) is 23.3 Å². The largest absolute Gasteiger partial charge is 0.441 e. The van der Waals surface area contributed by atoms with E-state index in [1.165, 1.54) is 4.88 Å². The molecule has 0 aliphatic carbocycles. The highest BCUT2D eigenvalue weighted by molar-refractivity contribution is 7.09. The molecule has 22 heavy (non-hydrogen) atoms. The number of piperidine rings is 1. The molecule has 3 rings (SSSR count). The van der Waals surface area contributed by atoms with E-state index in [0.717, 1.165) is 25.0 Å². The lowest BCUT2D eigenvalue weighted by molar-refractivity contribution is -0.134. The van der Waals surface area contributed by atoms with Crippen LogP contribution >= 0.6 is 11.3 Å². The molecule has 2 fully saturated rings. The van der Waals surface area contributed by atoms with Crippen LogP contribution in [-0.4, -0.2) is 59.1 Å². The van der Waals surface area contributed by atoms with Gasteiger partial charge in [0.25, 0.3) is 0 Å². The average Bonchev–Trinajstić information content (AvgIpc) is 3.01. The van der Waals surface area contributed by atoms with Gasteiger partial charge in [0.2, 0.25) is 5.91 Å². The number of hydrogen-bond donors (Lipinski definition) is 0. The first-order valence-electron chi connectivity index (χ1n) is 7.60. The summed E-state index contributed by atoms with van der Waals surface area (Å²) >= 11 is 1.61. The molecule has 1 aromatic heterocycles. The molecule has 0 aromatic carbocycles. The molecule has 6 nitrogen and oxygen atoms in total. The summed E-state index contributed by atoms with van der Waals surface area (Å²) in [6, 6.07) is 0. The molecule has 3 heterocycles. The molecule has 0 bridgehead atoms. The van der Waals surface area contributed by atoms with E-state index in [-0.39, 0.29) is 17.6 Å². The van der Waals surface area contributed by atoms with Crippen LogP contribution in [-0.2, 0) is 16.0 Å². The molecule has 2 aliphatic rings. The van der Waals surface area contributed by atoms with Crippen LogP contribution in [0.3, 0.4) is 0 Å². The van der Waals surface area contributed by atoms with Crippen LogP contribution in [0.15, 0.2) is 5.51 Å². The van der Waals surface area contributed by atoms with Crippen LogP contribution in [0, 0.1) is 6.92 Å². The molecular weight excluding hydrogens is 302 g/mol. The summed E-state index contributed by atoms with van der Waals surface area (Å²) in [6.45, 7) is 3.95. The zero-order valence-electron chi connectivity index (χ0n) is 13.0. The molecule has 1 spiro atoms. The van der Waals surface area contributed by atoms with E-state index in [2.05, 4.69) is 4.98 Å². The maximum Gasteiger partial charge on any atom is 0.410 e. The number of likely N-dealkylation sites (tertiary alicyclic amines) is 1. The summed E-state index contributed by atoms with van der Waals surface area (Å²) < 4.78 is 5.51. The number of thiazole rings is 1. The number of likely N-dealkylation sites (N-methyl/N-ethyl adjacent to an activating group) is 1. The van der Waals surface area contributed by atoms with Gasteiger partial charge in [0.05, 0.1) is 17.7 Å². The van der Waals surface area contributed by atoms with Gasteiger partial charge in [-0.1, -0.05) is 0 Å². The third-order valence-corrected chi connectivity index (χ3v) is 5.57. The van der Waals surface area contributed by atoms with Crippen molar-refractivity contribution in [3.63, 3.8) is 0 Å². The Morgan fingerprint density at radius 3 is 2.73 bits per heavy atom. The van der Waals surface area contributed by atoms with Crippen molar-refractivity contribution in [1.82, 2.24) is 14.8 Å². The van der Waals surface area contributed by atoms with Gasteiger partial charge in [-0.2, -0.15) is 0 Å². The molecule has 0 atom stereocenters. The molecule has 7 heteroatoms. The molecule has 0 radical (unpaired) electrons. The summed E-state index contributed by atoms with van der Waals surface area (Å²) in [5, 5.41) is 0. The summed E-state index contributed by atoms with van der Waals surface area (Å²) in [7, 11) is 1.76. The minimum Gasteiger partial charge on any atom is -0.441 e. The normalized spacial score (nSPS) is 20.5. The van der Waals surface area contributed by atoms with Crippen LogP contribution < -0.4 is 0 Å². The predicted molar refractivity (Wildman–Crippen MR) is 82.8 cm³/mol. The first-order valence-corrected chi connectivity index (χ1v) is 8.48. The minimum atomic E-state index is -0.378. The van der Waals surface area contributed by atoms with Crippen molar-refractivity contribution < 1.29 is 14.3 Å². The smallest absolute Gasteiger partial charge is 0.410 e. The Morgan fingerprint density at radius 2 is 2.18 bits per heavy atom. The second-order valence-corrected chi connectivity index (χ2v) is 7.09. The lowest BCUT2D eigenvalue weighted by Crippen LogP contribution is -2.48. The van der Waals surface area contributed by atoms with E-state index in [0.29, 0.717) is 26.1 Å². The number of hydrogen-bond acceptors (Lipinski definition) is 5. The molecular formula is C15H21N3O3S. The molecule has 0 N–H and O–H groups in total. The van der Waals surface area contributed by atoms with Gasteiger partial charge in [0.15, 0.2) is 0 Å². The van der Waals surface area contributed by atoms with E-state index in [9.17, 15) is 9.59 Å². The van der Waals surface area contributed by atoms with Gasteiger partial charge in [0, 0.05) is 44.3 Å². The van der Waals surface area contributed by atoms with Gasteiger partial charge in [-0.25, -0.2) is 9.78 Å². The van der Waals surface area contributed by atoms with Crippen molar-refractivity contribution in [3.05, 3.63) is 16.1 Å². The highest BCUT2D eigenvalue weighted by Gasteiger charge is 2.46. The van der Waals surface area contributed by atoms with Crippen LogP contribution in [0.5, 0.6) is 0 Å². The second kappa shape index (κ2) is 5.87. The molecule has 0 saturated carbocycles. The summed E-state index contributed by atoms with van der Waals surface area (Å²) in [4.78, 5) is 32.8. The van der Waals surface area contributed by atoms with Crippen LogP contribution in [0.1, 0.15) is 29.8 Å². The lowest BCUT2D eigenvalue weighted by atomic mass is 9.91. The first-order chi connectivity index (χ1) is 10.5. The first kappa shape index (κ1) is 15.3. The molecule has 2 saturated heterocycles. The number of amides is 2. The van der Waals surface area contributed by atoms with Crippen molar-refractivity contribution in [3.8, 4) is 0 Å². The zero-order chi connectivity index (χ0) is 15.7. The number of ether oxygens (including phenoxy) is 1. The van der Waals surface area contributed by atoms with Gasteiger partial charge >= 0.3 is 6.09 Å². The Labute approximate surface area is 134 Å². The van der Waals surface area contributed by atoms with Gasteiger partial charge in [0.1, 0.15) is 5.60 Å². The standard InChI is InChI=1S/C15H21N3O3S/c1-11-12(22-10-16-11)3-4-13(19)18-7-5-15(6-8-18)9-17(2)14(20)21-15/h10H,3-9H2,1-2H3. The SMILES string of the molecule is Cc1ncsc1CCC(=O)N1CCC2(CC1)CN(C)C(=O)O2. The monoisotopic (exact) mass is 323 g/mol. The van der Waals surface area contributed by atoms with E-state index >= 15 is 0 Å². The van der Waals surface area contributed by atoms with Crippen molar-refractivity contribution in [2.45, 2.75) is 38.2 Å². The van der Waals surface area contributed by atoms with Crippen molar-refractivity contribution in [1.29, 1.82) is 0 Å². The highest BCUT2D eigenvalue weighted by atomic mass is 32.1. The summed E-state index contributed by atoms with van der Waals surface area (Å²) in [5.74, 6) is 0.181. The summed E-state index contributed by atoms with van der Waals surface area (Å²) in [5.41, 5.74) is 2.47. The van der Waals surface area contributed by atoms with Gasteiger partial charge < -0.3 is 14.5 Å². The van der Waals surface area contributed by atoms with E-state index in [1.807, 2.05) is 17.3 Å². The minimum absolute atomic E-state index is 0.181. The number of aromatic nitrogens is 1. The molecule has 0 unspecified atom stereocenters. The van der Waals surface area contributed by atoms with Crippen molar-refractivity contribution in [2.75, 3.05) is 26.7 Å². The fourth-order valence-electron chi connectivity index (χ4n) is 3.16. The van der Waals surface area contributed by atoms with Crippen LogP contribution in [0.2, 0.25) is 0 Å². The third-order valence-electron chi connectivity index (χ3n) is 4.58.